The van der Waals surface area contributed by atoms with E-state index in [0.717, 1.165) is 62.1 Å². The average Bonchev–Trinajstić information content (AvgIpc) is 2.74. The molecule has 2 aromatic rings. The monoisotopic (exact) mass is 367 g/mol. The summed E-state index contributed by atoms with van der Waals surface area (Å²) in [5, 5.41) is 8.89. The van der Waals surface area contributed by atoms with Gasteiger partial charge < -0.3 is 14.7 Å². The van der Waals surface area contributed by atoms with Crippen molar-refractivity contribution in [3.8, 4) is 5.75 Å². The van der Waals surface area contributed by atoms with Gasteiger partial charge in [0.25, 0.3) is 5.91 Å². The molecule has 1 fully saturated rings. The highest BCUT2D eigenvalue weighted by atomic mass is 16.5. The van der Waals surface area contributed by atoms with Gasteiger partial charge in [0.2, 0.25) is 0 Å². The normalized spacial score (nSPS) is 14.9. The number of amides is 1. The van der Waals surface area contributed by atoms with E-state index in [1.165, 1.54) is 0 Å². The van der Waals surface area contributed by atoms with Crippen molar-refractivity contribution in [3.05, 3.63) is 65.7 Å². The van der Waals surface area contributed by atoms with E-state index in [4.69, 9.17) is 9.84 Å². The minimum atomic E-state index is 0.110. The molecule has 0 unspecified atom stereocenters. The maximum absolute atomic E-state index is 12.7. The summed E-state index contributed by atoms with van der Waals surface area (Å²) in [4.78, 5) is 14.7. The molecule has 0 aliphatic carbocycles. The van der Waals surface area contributed by atoms with Crippen LogP contribution in [-0.4, -0.2) is 35.6 Å². The van der Waals surface area contributed by atoms with Crippen LogP contribution in [-0.2, 0) is 6.61 Å². The Hall–Kier alpha value is -2.33. The van der Waals surface area contributed by atoms with Crippen LogP contribution in [0.2, 0.25) is 0 Å². The number of ether oxygens (including phenoxy) is 1. The molecule has 0 saturated carbocycles. The molecule has 4 nitrogen and oxygen atoms in total. The van der Waals surface area contributed by atoms with E-state index in [1.807, 2.05) is 59.5 Å². The van der Waals surface area contributed by atoms with Gasteiger partial charge in [-0.15, -0.1) is 0 Å². The third-order valence-electron chi connectivity index (χ3n) is 5.27. The van der Waals surface area contributed by atoms with Gasteiger partial charge in [0, 0.05) is 25.3 Å². The molecule has 0 bridgehead atoms. The van der Waals surface area contributed by atoms with Gasteiger partial charge in [-0.25, -0.2) is 0 Å². The molecule has 1 aliphatic heterocycles. The summed E-state index contributed by atoms with van der Waals surface area (Å²) in [5.41, 5.74) is 1.85. The van der Waals surface area contributed by atoms with Gasteiger partial charge >= 0.3 is 0 Å². The lowest BCUT2D eigenvalue weighted by Crippen LogP contribution is -2.38. The van der Waals surface area contributed by atoms with Crippen LogP contribution in [0.5, 0.6) is 5.75 Å². The fraction of sp³-hybridized carbons (Fsp3) is 0.435. The fourth-order valence-electron chi connectivity index (χ4n) is 3.59. The quantitative estimate of drug-likeness (QED) is 0.709. The molecular formula is C23H29NO3. The number of likely N-dealkylation sites (tertiary alicyclic amines) is 1. The SMILES string of the molecule is O=C(c1ccc(OCc2ccccc2)cc1)N1CCC(CCCCO)CC1. The van der Waals surface area contributed by atoms with E-state index < -0.39 is 0 Å². The van der Waals surface area contributed by atoms with Crippen molar-refractivity contribution >= 4 is 5.91 Å². The smallest absolute Gasteiger partial charge is 0.253 e. The zero-order valence-corrected chi connectivity index (χ0v) is 15.8. The Labute approximate surface area is 161 Å². The highest BCUT2D eigenvalue weighted by molar-refractivity contribution is 5.94. The molecule has 1 saturated heterocycles. The Bertz CT molecular complexity index is 691. The Morgan fingerprint density at radius 1 is 1.00 bits per heavy atom. The van der Waals surface area contributed by atoms with Crippen LogP contribution in [0.25, 0.3) is 0 Å². The molecule has 1 aliphatic rings. The lowest BCUT2D eigenvalue weighted by atomic mass is 9.91. The summed E-state index contributed by atoms with van der Waals surface area (Å²) in [6, 6.07) is 17.5. The average molecular weight is 367 g/mol. The molecule has 0 spiro atoms. The number of benzene rings is 2. The van der Waals surface area contributed by atoms with Gasteiger partial charge in [-0.2, -0.15) is 0 Å². The first kappa shape index (κ1) is 19.4. The van der Waals surface area contributed by atoms with E-state index in [0.29, 0.717) is 12.5 Å². The van der Waals surface area contributed by atoms with Gasteiger partial charge in [0.15, 0.2) is 0 Å². The summed E-state index contributed by atoms with van der Waals surface area (Å²) in [5.74, 6) is 1.57. The Morgan fingerprint density at radius 2 is 1.70 bits per heavy atom. The Morgan fingerprint density at radius 3 is 2.37 bits per heavy atom. The number of hydrogen-bond acceptors (Lipinski definition) is 3. The second-order valence-corrected chi connectivity index (χ2v) is 7.25. The van der Waals surface area contributed by atoms with Crippen molar-refractivity contribution in [2.45, 2.75) is 38.7 Å². The first-order chi connectivity index (χ1) is 13.3. The molecule has 1 amide bonds. The van der Waals surface area contributed by atoms with Crippen LogP contribution in [0, 0.1) is 5.92 Å². The van der Waals surface area contributed by atoms with E-state index in [-0.39, 0.29) is 12.5 Å². The highest BCUT2D eigenvalue weighted by Gasteiger charge is 2.23. The number of aliphatic hydroxyl groups is 1. The van der Waals surface area contributed by atoms with Crippen molar-refractivity contribution in [2.75, 3.05) is 19.7 Å². The molecule has 27 heavy (non-hydrogen) atoms. The number of carbonyl (C=O) groups is 1. The van der Waals surface area contributed by atoms with Crippen molar-refractivity contribution in [3.63, 3.8) is 0 Å². The number of piperidine rings is 1. The lowest BCUT2D eigenvalue weighted by molar-refractivity contribution is 0.0685. The topological polar surface area (TPSA) is 49.8 Å². The predicted octanol–water partition coefficient (Wildman–Crippen LogP) is 4.28. The van der Waals surface area contributed by atoms with Crippen molar-refractivity contribution < 1.29 is 14.6 Å². The predicted molar refractivity (Wildman–Crippen MR) is 107 cm³/mol. The summed E-state index contributed by atoms with van der Waals surface area (Å²) in [6.07, 6.45) is 5.26. The number of unbranched alkanes of at least 4 members (excludes halogenated alkanes) is 1. The van der Waals surface area contributed by atoms with Crippen LogP contribution in [0.15, 0.2) is 54.6 Å². The number of rotatable bonds is 8. The summed E-state index contributed by atoms with van der Waals surface area (Å²) in [6.45, 7) is 2.46. The number of aliphatic hydroxyl groups excluding tert-OH is 1. The highest BCUT2D eigenvalue weighted by Crippen LogP contribution is 2.24. The molecule has 0 radical (unpaired) electrons. The molecule has 4 heteroatoms. The first-order valence-electron chi connectivity index (χ1n) is 9.93. The zero-order valence-electron chi connectivity index (χ0n) is 15.8. The van der Waals surface area contributed by atoms with Crippen LogP contribution in [0.1, 0.15) is 48.0 Å². The Balaban J connectivity index is 1.46. The van der Waals surface area contributed by atoms with Crippen molar-refractivity contribution in [2.24, 2.45) is 5.92 Å². The van der Waals surface area contributed by atoms with Crippen LogP contribution in [0.4, 0.5) is 0 Å². The van der Waals surface area contributed by atoms with Gasteiger partial charge in [0.05, 0.1) is 0 Å². The maximum atomic E-state index is 12.7. The standard InChI is InChI=1S/C23H29NO3/c25-17-5-4-6-19-13-15-24(16-14-19)23(26)21-9-11-22(12-10-21)27-18-20-7-2-1-3-8-20/h1-3,7-12,19,25H,4-6,13-18H2. The van der Waals surface area contributed by atoms with Crippen LogP contribution >= 0.6 is 0 Å². The van der Waals surface area contributed by atoms with E-state index in [1.54, 1.807) is 0 Å². The second kappa shape index (κ2) is 10.1. The van der Waals surface area contributed by atoms with Gasteiger partial charge in [-0.05, 0) is 55.0 Å². The summed E-state index contributed by atoms with van der Waals surface area (Å²) < 4.78 is 5.79. The van der Waals surface area contributed by atoms with Gasteiger partial charge in [-0.3, -0.25) is 4.79 Å². The number of nitrogens with zero attached hydrogens (tertiary/aromatic N) is 1. The lowest BCUT2D eigenvalue weighted by Gasteiger charge is -2.32. The molecule has 0 aromatic heterocycles. The van der Waals surface area contributed by atoms with Gasteiger partial charge in [-0.1, -0.05) is 43.2 Å². The molecule has 1 N–H and O–H groups in total. The summed E-state index contributed by atoms with van der Waals surface area (Å²) >= 11 is 0. The van der Waals surface area contributed by atoms with Gasteiger partial charge in [0.1, 0.15) is 12.4 Å². The molecule has 2 aromatic carbocycles. The van der Waals surface area contributed by atoms with Crippen molar-refractivity contribution in [1.29, 1.82) is 0 Å². The van der Waals surface area contributed by atoms with Crippen molar-refractivity contribution in [1.82, 2.24) is 4.90 Å². The first-order valence-corrected chi connectivity index (χ1v) is 9.93. The second-order valence-electron chi connectivity index (χ2n) is 7.25. The molecule has 1 heterocycles. The third-order valence-corrected chi connectivity index (χ3v) is 5.27. The molecular weight excluding hydrogens is 338 g/mol. The zero-order chi connectivity index (χ0) is 18.9. The van der Waals surface area contributed by atoms with E-state index >= 15 is 0 Å². The Kier molecular flexibility index (Phi) is 7.28. The van der Waals surface area contributed by atoms with E-state index in [2.05, 4.69) is 0 Å². The number of carbonyl (C=O) groups excluding carboxylic acids is 1. The number of hydrogen-bond donors (Lipinski definition) is 1. The van der Waals surface area contributed by atoms with Crippen LogP contribution < -0.4 is 4.74 Å². The minimum Gasteiger partial charge on any atom is -0.489 e. The van der Waals surface area contributed by atoms with Crippen LogP contribution in [0.3, 0.4) is 0 Å². The molecule has 144 valence electrons. The fourth-order valence-corrected chi connectivity index (χ4v) is 3.59. The van der Waals surface area contributed by atoms with E-state index in [9.17, 15) is 4.79 Å². The summed E-state index contributed by atoms with van der Waals surface area (Å²) in [7, 11) is 0. The largest absolute Gasteiger partial charge is 0.489 e. The molecule has 3 rings (SSSR count). The minimum absolute atomic E-state index is 0.110. The third kappa shape index (κ3) is 5.83. The maximum Gasteiger partial charge on any atom is 0.253 e. The molecule has 0 atom stereocenters.